The minimum Gasteiger partial charge on any atom is -0.306 e. The van der Waals surface area contributed by atoms with Crippen LogP contribution in [0, 0.1) is 6.92 Å². The molecule has 0 radical (unpaired) electrons. The fraction of sp³-hybridized carbons (Fsp3) is 0.250. The topological polar surface area (TPSA) is 12.0 Å². The van der Waals surface area contributed by atoms with Crippen molar-refractivity contribution in [3.8, 4) is 0 Å². The van der Waals surface area contributed by atoms with Gasteiger partial charge in [-0.2, -0.15) is 0 Å². The van der Waals surface area contributed by atoms with Crippen molar-refractivity contribution in [2.75, 3.05) is 0 Å². The van der Waals surface area contributed by atoms with Gasteiger partial charge >= 0.3 is 0 Å². The molecule has 2 heteroatoms. The standard InChI is InChI=1S/C16H18ClN/c1-12-3-7-15(8-4-12)13(2)18-11-14-5-9-16(17)10-6-14/h3-10,13,18H,11H2,1-2H3. The molecule has 94 valence electrons. The second kappa shape index (κ2) is 6.03. The van der Waals surface area contributed by atoms with Gasteiger partial charge in [-0.15, -0.1) is 0 Å². The third-order valence-corrected chi connectivity index (χ3v) is 3.35. The Morgan fingerprint density at radius 2 is 1.61 bits per heavy atom. The van der Waals surface area contributed by atoms with E-state index in [0.717, 1.165) is 11.6 Å². The lowest BCUT2D eigenvalue weighted by molar-refractivity contribution is 0.574. The molecule has 0 aliphatic carbocycles. The van der Waals surface area contributed by atoms with Crippen molar-refractivity contribution in [2.24, 2.45) is 0 Å². The van der Waals surface area contributed by atoms with Gasteiger partial charge in [0.25, 0.3) is 0 Å². The molecule has 0 saturated carbocycles. The highest BCUT2D eigenvalue weighted by Crippen LogP contribution is 2.15. The quantitative estimate of drug-likeness (QED) is 0.853. The Hall–Kier alpha value is -1.31. The van der Waals surface area contributed by atoms with Crippen molar-refractivity contribution in [3.05, 3.63) is 70.2 Å². The van der Waals surface area contributed by atoms with Gasteiger partial charge in [-0.25, -0.2) is 0 Å². The van der Waals surface area contributed by atoms with Crippen LogP contribution in [0.4, 0.5) is 0 Å². The lowest BCUT2D eigenvalue weighted by atomic mass is 10.1. The van der Waals surface area contributed by atoms with Crippen LogP contribution in [-0.2, 0) is 6.54 Å². The predicted molar refractivity (Wildman–Crippen MR) is 77.9 cm³/mol. The Morgan fingerprint density at radius 3 is 2.22 bits per heavy atom. The van der Waals surface area contributed by atoms with E-state index in [2.05, 4.69) is 55.6 Å². The molecule has 2 aromatic carbocycles. The third-order valence-electron chi connectivity index (χ3n) is 3.10. The molecular formula is C16H18ClN. The second-order valence-corrected chi connectivity index (χ2v) is 5.08. The average Bonchev–Trinajstić information content (AvgIpc) is 2.38. The van der Waals surface area contributed by atoms with Crippen LogP contribution in [0.2, 0.25) is 5.02 Å². The molecule has 0 fully saturated rings. The van der Waals surface area contributed by atoms with Gasteiger partial charge in [-0.05, 0) is 37.1 Å². The Bertz CT molecular complexity index is 488. The van der Waals surface area contributed by atoms with Gasteiger partial charge in [0.1, 0.15) is 0 Å². The van der Waals surface area contributed by atoms with Gasteiger partial charge in [-0.1, -0.05) is 53.6 Å². The summed E-state index contributed by atoms with van der Waals surface area (Å²) in [6.45, 7) is 5.14. The molecule has 18 heavy (non-hydrogen) atoms. The van der Waals surface area contributed by atoms with Crippen LogP contribution in [0.25, 0.3) is 0 Å². The average molecular weight is 260 g/mol. The fourth-order valence-corrected chi connectivity index (χ4v) is 1.97. The summed E-state index contributed by atoms with van der Waals surface area (Å²) in [5, 5.41) is 4.29. The molecule has 0 spiro atoms. The zero-order valence-corrected chi connectivity index (χ0v) is 11.5. The molecule has 0 bridgehead atoms. The van der Waals surface area contributed by atoms with Crippen LogP contribution in [-0.4, -0.2) is 0 Å². The van der Waals surface area contributed by atoms with Crippen molar-refractivity contribution in [1.29, 1.82) is 0 Å². The minimum atomic E-state index is 0.348. The first kappa shape index (κ1) is 13.1. The number of nitrogens with one attached hydrogen (secondary N) is 1. The Labute approximate surface area is 114 Å². The molecule has 1 nitrogen and oxygen atoms in total. The van der Waals surface area contributed by atoms with Gasteiger partial charge in [0, 0.05) is 17.6 Å². The molecule has 1 unspecified atom stereocenters. The highest BCUT2D eigenvalue weighted by atomic mass is 35.5. The van der Waals surface area contributed by atoms with E-state index in [1.54, 1.807) is 0 Å². The third kappa shape index (κ3) is 3.59. The molecule has 1 atom stereocenters. The number of hydrogen-bond donors (Lipinski definition) is 1. The highest BCUT2D eigenvalue weighted by Gasteiger charge is 2.04. The Balaban J connectivity index is 1.93. The van der Waals surface area contributed by atoms with E-state index in [1.807, 2.05) is 12.1 Å². The largest absolute Gasteiger partial charge is 0.306 e. The van der Waals surface area contributed by atoms with Gasteiger partial charge in [0.05, 0.1) is 0 Å². The summed E-state index contributed by atoms with van der Waals surface area (Å²) in [5.41, 5.74) is 3.86. The van der Waals surface area contributed by atoms with E-state index in [4.69, 9.17) is 11.6 Å². The van der Waals surface area contributed by atoms with Crippen molar-refractivity contribution in [3.63, 3.8) is 0 Å². The van der Waals surface area contributed by atoms with Crippen molar-refractivity contribution in [1.82, 2.24) is 5.32 Å². The molecule has 2 aromatic rings. The van der Waals surface area contributed by atoms with Crippen LogP contribution in [0.5, 0.6) is 0 Å². The maximum absolute atomic E-state index is 5.86. The summed E-state index contributed by atoms with van der Waals surface area (Å²) in [6, 6.07) is 17.0. The van der Waals surface area contributed by atoms with Gasteiger partial charge < -0.3 is 5.32 Å². The van der Waals surface area contributed by atoms with Gasteiger partial charge in [0.15, 0.2) is 0 Å². The molecule has 1 N–H and O–H groups in total. The van der Waals surface area contributed by atoms with Crippen LogP contribution in [0.1, 0.15) is 29.7 Å². The first-order chi connectivity index (χ1) is 8.65. The number of benzene rings is 2. The Kier molecular flexibility index (Phi) is 4.40. The van der Waals surface area contributed by atoms with Crippen molar-refractivity contribution >= 4 is 11.6 Å². The van der Waals surface area contributed by atoms with Crippen LogP contribution in [0.15, 0.2) is 48.5 Å². The van der Waals surface area contributed by atoms with Gasteiger partial charge in [0.2, 0.25) is 0 Å². The number of halogens is 1. The molecule has 0 aliphatic heterocycles. The molecule has 0 amide bonds. The highest BCUT2D eigenvalue weighted by molar-refractivity contribution is 6.30. The normalized spacial score (nSPS) is 12.4. The molecule has 2 rings (SSSR count). The maximum Gasteiger partial charge on any atom is 0.0406 e. The first-order valence-corrected chi connectivity index (χ1v) is 6.57. The van der Waals surface area contributed by atoms with Crippen LogP contribution < -0.4 is 5.32 Å². The predicted octanol–water partition coefficient (Wildman–Crippen LogP) is 4.50. The van der Waals surface area contributed by atoms with Crippen molar-refractivity contribution in [2.45, 2.75) is 26.4 Å². The Morgan fingerprint density at radius 1 is 1.00 bits per heavy atom. The van der Waals surface area contributed by atoms with E-state index in [9.17, 15) is 0 Å². The smallest absolute Gasteiger partial charge is 0.0406 e. The van der Waals surface area contributed by atoms with Crippen LogP contribution in [0.3, 0.4) is 0 Å². The zero-order chi connectivity index (χ0) is 13.0. The lowest BCUT2D eigenvalue weighted by Crippen LogP contribution is -2.17. The molecule has 0 heterocycles. The number of aryl methyl sites for hydroxylation is 1. The first-order valence-electron chi connectivity index (χ1n) is 6.19. The van der Waals surface area contributed by atoms with E-state index >= 15 is 0 Å². The van der Waals surface area contributed by atoms with Crippen molar-refractivity contribution < 1.29 is 0 Å². The van der Waals surface area contributed by atoms with Gasteiger partial charge in [-0.3, -0.25) is 0 Å². The lowest BCUT2D eigenvalue weighted by Gasteiger charge is -2.14. The van der Waals surface area contributed by atoms with Crippen LogP contribution >= 0.6 is 11.6 Å². The minimum absolute atomic E-state index is 0.348. The SMILES string of the molecule is Cc1ccc(C(C)NCc2ccc(Cl)cc2)cc1. The molecule has 0 saturated heterocycles. The number of rotatable bonds is 4. The summed E-state index contributed by atoms with van der Waals surface area (Å²) in [6.07, 6.45) is 0. The summed E-state index contributed by atoms with van der Waals surface area (Å²) >= 11 is 5.86. The second-order valence-electron chi connectivity index (χ2n) is 4.64. The summed E-state index contributed by atoms with van der Waals surface area (Å²) in [7, 11) is 0. The summed E-state index contributed by atoms with van der Waals surface area (Å²) in [4.78, 5) is 0. The van der Waals surface area contributed by atoms with E-state index in [1.165, 1.54) is 16.7 Å². The molecule has 0 aromatic heterocycles. The van der Waals surface area contributed by atoms with E-state index < -0.39 is 0 Å². The molecular weight excluding hydrogens is 242 g/mol. The monoisotopic (exact) mass is 259 g/mol. The molecule has 0 aliphatic rings. The summed E-state index contributed by atoms with van der Waals surface area (Å²) < 4.78 is 0. The van der Waals surface area contributed by atoms with E-state index in [0.29, 0.717) is 6.04 Å². The van der Waals surface area contributed by atoms with E-state index in [-0.39, 0.29) is 0 Å². The number of hydrogen-bond acceptors (Lipinski definition) is 1. The maximum atomic E-state index is 5.86. The fourth-order valence-electron chi connectivity index (χ4n) is 1.85. The summed E-state index contributed by atoms with van der Waals surface area (Å²) in [5.74, 6) is 0. The zero-order valence-electron chi connectivity index (χ0n) is 10.8.